The fraction of sp³-hybridized carbons (Fsp3) is 1.00. The van der Waals surface area contributed by atoms with Crippen molar-refractivity contribution in [2.45, 2.75) is 18.5 Å². The fourth-order valence-electron chi connectivity index (χ4n) is 1.94. The molecule has 19 heavy (non-hydrogen) atoms. The normalized spacial score (nSPS) is 24.4. The third kappa shape index (κ3) is 4.51. The van der Waals surface area contributed by atoms with E-state index < -0.39 is 33.9 Å². The van der Waals surface area contributed by atoms with Crippen LogP contribution in [0.25, 0.3) is 0 Å². The molecule has 9 heteroatoms. The monoisotopic (exact) mass is 320 g/mol. The molecule has 114 valence electrons. The number of sulfone groups is 1. The first-order valence-corrected chi connectivity index (χ1v) is 8.89. The number of nitrogens with zero attached hydrogens (tertiary/aromatic N) is 1. The SMILES string of the molecule is CCS(=O)(=O)C1CSCCN1CC(CN)C(F)(F)F. The lowest BCUT2D eigenvalue weighted by Gasteiger charge is -2.37. The van der Waals surface area contributed by atoms with Gasteiger partial charge in [-0.1, -0.05) is 6.92 Å². The predicted molar refractivity (Wildman–Crippen MR) is 70.7 cm³/mol. The molecular weight excluding hydrogens is 301 g/mol. The molecule has 1 heterocycles. The van der Waals surface area contributed by atoms with E-state index in [2.05, 4.69) is 0 Å². The maximum absolute atomic E-state index is 12.7. The van der Waals surface area contributed by atoms with Crippen molar-refractivity contribution >= 4 is 21.6 Å². The number of nitrogens with two attached hydrogens (primary N) is 1. The Labute approximate surface area is 115 Å². The molecule has 0 radical (unpaired) electrons. The number of halogens is 3. The predicted octanol–water partition coefficient (Wildman–Crippen LogP) is 0.933. The van der Waals surface area contributed by atoms with Crippen LogP contribution in [0.4, 0.5) is 13.2 Å². The molecule has 0 aromatic heterocycles. The molecule has 2 atom stereocenters. The van der Waals surface area contributed by atoms with Crippen LogP contribution in [0.15, 0.2) is 0 Å². The first-order valence-electron chi connectivity index (χ1n) is 6.02. The number of hydrogen-bond donors (Lipinski definition) is 1. The summed E-state index contributed by atoms with van der Waals surface area (Å²) in [6.45, 7) is 0.995. The summed E-state index contributed by atoms with van der Waals surface area (Å²) >= 11 is 1.46. The number of hydrogen-bond acceptors (Lipinski definition) is 5. The summed E-state index contributed by atoms with van der Waals surface area (Å²) in [4.78, 5) is 1.42. The lowest BCUT2D eigenvalue weighted by Crippen LogP contribution is -2.52. The van der Waals surface area contributed by atoms with E-state index in [0.29, 0.717) is 18.1 Å². The van der Waals surface area contributed by atoms with Gasteiger partial charge in [0, 0.05) is 36.9 Å². The van der Waals surface area contributed by atoms with E-state index in [1.54, 1.807) is 0 Å². The van der Waals surface area contributed by atoms with E-state index in [9.17, 15) is 21.6 Å². The molecule has 1 aliphatic heterocycles. The summed E-state index contributed by atoms with van der Waals surface area (Å²) in [6.07, 6.45) is -4.39. The smallest absolute Gasteiger partial charge is 0.330 e. The molecule has 4 nitrogen and oxygen atoms in total. The molecule has 0 aromatic carbocycles. The number of alkyl halides is 3. The van der Waals surface area contributed by atoms with Gasteiger partial charge in [-0.3, -0.25) is 4.90 Å². The van der Waals surface area contributed by atoms with E-state index >= 15 is 0 Å². The van der Waals surface area contributed by atoms with Crippen LogP contribution in [0, 0.1) is 5.92 Å². The van der Waals surface area contributed by atoms with Crippen LogP contribution < -0.4 is 5.73 Å². The second-order valence-corrected chi connectivity index (χ2v) is 8.05. The molecule has 1 fully saturated rings. The van der Waals surface area contributed by atoms with Gasteiger partial charge in [0.2, 0.25) is 0 Å². The molecule has 0 bridgehead atoms. The van der Waals surface area contributed by atoms with Crippen molar-refractivity contribution in [2.75, 3.05) is 36.9 Å². The van der Waals surface area contributed by atoms with Gasteiger partial charge in [-0.25, -0.2) is 8.42 Å². The van der Waals surface area contributed by atoms with Gasteiger partial charge in [-0.05, 0) is 0 Å². The average molecular weight is 320 g/mol. The van der Waals surface area contributed by atoms with E-state index in [1.807, 2.05) is 0 Å². The van der Waals surface area contributed by atoms with Crippen molar-refractivity contribution in [3.8, 4) is 0 Å². The van der Waals surface area contributed by atoms with Crippen LogP contribution in [-0.4, -0.2) is 61.8 Å². The molecule has 0 aliphatic carbocycles. The van der Waals surface area contributed by atoms with Crippen LogP contribution in [0.3, 0.4) is 0 Å². The Hall–Kier alpha value is 0.01000. The Morgan fingerprint density at radius 1 is 1.47 bits per heavy atom. The molecular formula is C10H19F3N2O2S2. The van der Waals surface area contributed by atoms with Crippen molar-refractivity contribution in [1.82, 2.24) is 4.90 Å². The Kier molecular flexibility index (Phi) is 5.96. The molecule has 0 saturated carbocycles. The molecule has 2 N–H and O–H groups in total. The Bertz CT molecular complexity index is 387. The van der Waals surface area contributed by atoms with Gasteiger partial charge < -0.3 is 5.73 Å². The zero-order valence-corrected chi connectivity index (χ0v) is 12.3. The minimum atomic E-state index is -4.39. The van der Waals surface area contributed by atoms with Crippen LogP contribution in [0.1, 0.15) is 6.92 Å². The quantitative estimate of drug-likeness (QED) is 0.816. The van der Waals surface area contributed by atoms with Crippen molar-refractivity contribution in [3.05, 3.63) is 0 Å². The van der Waals surface area contributed by atoms with E-state index in [0.717, 1.165) is 0 Å². The van der Waals surface area contributed by atoms with Gasteiger partial charge >= 0.3 is 6.18 Å². The van der Waals surface area contributed by atoms with E-state index in [4.69, 9.17) is 5.73 Å². The largest absolute Gasteiger partial charge is 0.394 e. The summed E-state index contributed by atoms with van der Waals surface area (Å²) in [7, 11) is -3.37. The highest BCUT2D eigenvalue weighted by Gasteiger charge is 2.42. The lowest BCUT2D eigenvalue weighted by atomic mass is 10.1. The summed E-state index contributed by atoms with van der Waals surface area (Å²) in [5.74, 6) is -0.769. The van der Waals surface area contributed by atoms with E-state index in [1.165, 1.54) is 23.6 Å². The van der Waals surface area contributed by atoms with Gasteiger partial charge in [0.1, 0.15) is 5.37 Å². The number of thioether (sulfide) groups is 1. The Balaban J connectivity index is 2.84. The van der Waals surface area contributed by atoms with Crippen molar-refractivity contribution < 1.29 is 21.6 Å². The molecule has 1 saturated heterocycles. The maximum Gasteiger partial charge on any atom is 0.394 e. The average Bonchev–Trinajstić information content (AvgIpc) is 2.34. The van der Waals surface area contributed by atoms with Crippen LogP contribution >= 0.6 is 11.8 Å². The summed E-state index contributed by atoms with van der Waals surface area (Å²) < 4.78 is 62.0. The van der Waals surface area contributed by atoms with Crippen molar-refractivity contribution in [1.29, 1.82) is 0 Å². The molecule has 1 aliphatic rings. The van der Waals surface area contributed by atoms with Gasteiger partial charge in [0.05, 0.1) is 5.92 Å². The fourth-order valence-corrected chi connectivity index (χ4v) is 5.03. The van der Waals surface area contributed by atoms with Gasteiger partial charge in [-0.2, -0.15) is 24.9 Å². The first-order chi connectivity index (χ1) is 8.72. The summed E-state index contributed by atoms with van der Waals surface area (Å²) in [5, 5.41) is -0.826. The molecule has 0 spiro atoms. The third-order valence-corrected chi connectivity index (χ3v) is 6.54. The topological polar surface area (TPSA) is 63.4 Å². The summed E-state index contributed by atoms with van der Waals surface area (Å²) in [6, 6.07) is 0. The highest BCUT2D eigenvalue weighted by atomic mass is 32.2. The van der Waals surface area contributed by atoms with Crippen molar-refractivity contribution in [3.63, 3.8) is 0 Å². The first kappa shape index (κ1) is 17.1. The van der Waals surface area contributed by atoms with Crippen molar-refractivity contribution in [2.24, 2.45) is 11.7 Å². The Morgan fingerprint density at radius 3 is 2.58 bits per heavy atom. The second kappa shape index (κ2) is 6.64. The lowest BCUT2D eigenvalue weighted by molar-refractivity contribution is -0.176. The molecule has 2 unspecified atom stereocenters. The number of rotatable bonds is 5. The Morgan fingerprint density at radius 2 is 2.11 bits per heavy atom. The van der Waals surface area contributed by atoms with Gasteiger partial charge in [-0.15, -0.1) is 0 Å². The minimum absolute atomic E-state index is 0.0615. The van der Waals surface area contributed by atoms with Gasteiger partial charge in [0.25, 0.3) is 0 Å². The van der Waals surface area contributed by atoms with Crippen LogP contribution in [0.5, 0.6) is 0 Å². The molecule has 0 aromatic rings. The third-order valence-electron chi connectivity index (χ3n) is 3.21. The second-order valence-electron chi connectivity index (χ2n) is 4.45. The standard InChI is InChI=1S/C10H19F3N2O2S2/c1-2-19(16,17)9-7-18-4-3-15(9)6-8(5-14)10(11,12)13/h8-9H,2-7,14H2,1H3. The van der Waals surface area contributed by atoms with Crippen LogP contribution in [0.2, 0.25) is 0 Å². The maximum atomic E-state index is 12.7. The zero-order valence-electron chi connectivity index (χ0n) is 10.7. The highest BCUT2D eigenvalue weighted by Crippen LogP contribution is 2.29. The van der Waals surface area contributed by atoms with E-state index in [-0.39, 0.29) is 12.3 Å². The molecule has 1 rings (SSSR count). The zero-order chi connectivity index (χ0) is 14.7. The summed E-state index contributed by atoms with van der Waals surface area (Å²) in [5.41, 5.74) is 5.16. The van der Waals surface area contributed by atoms with Gasteiger partial charge in [0.15, 0.2) is 9.84 Å². The minimum Gasteiger partial charge on any atom is -0.330 e. The molecule has 0 amide bonds. The highest BCUT2D eigenvalue weighted by molar-refractivity contribution is 8.01. The van der Waals surface area contributed by atoms with Crippen LogP contribution in [-0.2, 0) is 9.84 Å².